The summed E-state index contributed by atoms with van der Waals surface area (Å²) in [7, 11) is 0. The Labute approximate surface area is 151 Å². The van der Waals surface area contributed by atoms with Gasteiger partial charge >= 0.3 is 0 Å². The monoisotopic (exact) mass is 376 g/mol. The van der Waals surface area contributed by atoms with Gasteiger partial charge in [0.2, 0.25) is 0 Å². The van der Waals surface area contributed by atoms with Crippen LogP contribution in [0.2, 0.25) is 10.0 Å². The van der Waals surface area contributed by atoms with Gasteiger partial charge in [0.15, 0.2) is 5.69 Å². The molecule has 0 aliphatic rings. The summed E-state index contributed by atoms with van der Waals surface area (Å²) in [5, 5.41) is 11.3. The highest BCUT2D eigenvalue weighted by Crippen LogP contribution is 2.24. The number of rotatable bonds is 6. The molecule has 2 aromatic rings. The van der Waals surface area contributed by atoms with Gasteiger partial charge in [-0.05, 0) is 37.7 Å². The summed E-state index contributed by atoms with van der Waals surface area (Å²) in [6.07, 6.45) is 1.71. The molecule has 1 atom stereocenters. The molecule has 1 heterocycles. The summed E-state index contributed by atoms with van der Waals surface area (Å²) >= 11 is 11.9. The molecule has 5 nitrogen and oxygen atoms in total. The van der Waals surface area contributed by atoms with E-state index in [0.717, 1.165) is 12.2 Å². The van der Waals surface area contributed by atoms with Crippen molar-refractivity contribution in [2.24, 2.45) is 0 Å². The fraction of sp³-hybridized carbons (Fsp3) is 0.333. The Morgan fingerprint density at radius 1 is 1.30 bits per heavy atom. The fourth-order valence-corrected chi connectivity index (χ4v) is 2.27. The lowest BCUT2D eigenvalue weighted by molar-refractivity contribution is 0.0945. The van der Waals surface area contributed by atoms with Crippen LogP contribution in [0.1, 0.15) is 24.3 Å². The Balaban J connectivity index is 0.00000264. The molecule has 23 heavy (non-hydrogen) atoms. The second kappa shape index (κ2) is 9.13. The van der Waals surface area contributed by atoms with Crippen molar-refractivity contribution >= 4 is 41.5 Å². The van der Waals surface area contributed by atoms with E-state index in [4.69, 9.17) is 23.2 Å². The number of likely N-dealkylation sites (N-methyl/N-ethyl adjacent to an activating group) is 1. The minimum absolute atomic E-state index is 0. The number of nitrogens with one attached hydrogen (secondary N) is 2. The molecule has 0 bridgehead atoms. The first-order valence-corrected chi connectivity index (χ1v) is 7.79. The molecule has 0 aliphatic carbocycles. The predicted molar refractivity (Wildman–Crippen MR) is 96.3 cm³/mol. The van der Waals surface area contributed by atoms with Gasteiger partial charge in [-0.25, -0.2) is 4.68 Å². The van der Waals surface area contributed by atoms with Gasteiger partial charge in [0.05, 0.1) is 15.7 Å². The smallest absolute Gasteiger partial charge is 0.271 e. The Morgan fingerprint density at radius 3 is 2.70 bits per heavy atom. The number of amides is 1. The zero-order valence-electron chi connectivity index (χ0n) is 12.8. The molecule has 0 saturated carbocycles. The van der Waals surface area contributed by atoms with Crippen LogP contribution in [0.5, 0.6) is 0 Å². The summed E-state index contributed by atoms with van der Waals surface area (Å²) in [6.45, 7) is 5.45. The Morgan fingerprint density at radius 2 is 2.04 bits per heavy atom. The molecule has 2 rings (SSSR count). The van der Waals surface area contributed by atoms with Crippen molar-refractivity contribution in [2.75, 3.05) is 13.1 Å². The molecule has 0 fully saturated rings. The van der Waals surface area contributed by atoms with Crippen LogP contribution in [0.25, 0.3) is 5.69 Å². The third kappa shape index (κ3) is 5.39. The third-order valence-electron chi connectivity index (χ3n) is 3.11. The number of hydrogen-bond donors (Lipinski definition) is 2. The molecule has 1 aromatic heterocycles. The van der Waals surface area contributed by atoms with Gasteiger partial charge in [0.1, 0.15) is 0 Å². The van der Waals surface area contributed by atoms with Crippen molar-refractivity contribution in [1.29, 1.82) is 0 Å². The van der Waals surface area contributed by atoms with Crippen molar-refractivity contribution in [1.82, 2.24) is 20.4 Å². The number of benzene rings is 1. The van der Waals surface area contributed by atoms with Crippen LogP contribution in [-0.2, 0) is 0 Å². The zero-order chi connectivity index (χ0) is 16.1. The maximum atomic E-state index is 12.1. The molecule has 2 N–H and O–H groups in total. The van der Waals surface area contributed by atoms with Crippen LogP contribution in [0.4, 0.5) is 0 Å². The lowest BCUT2D eigenvalue weighted by Crippen LogP contribution is -2.38. The summed E-state index contributed by atoms with van der Waals surface area (Å²) in [5.74, 6) is -0.205. The van der Waals surface area contributed by atoms with E-state index >= 15 is 0 Å². The average Bonchev–Trinajstić information content (AvgIpc) is 2.98. The molecular weight excluding hydrogens is 359 g/mol. The number of aromatic nitrogens is 2. The molecule has 1 amide bonds. The highest BCUT2D eigenvalue weighted by molar-refractivity contribution is 6.42. The number of carbonyl (C=O) groups excluding carboxylic acids is 1. The van der Waals surface area contributed by atoms with E-state index < -0.39 is 0 Å². The number of hydrogen-bond acceptors (Lipinski definition) is 3. The van der Waals surface area contributed by atoms with Gasteiger partial charge in [-0.1, -0.05) is 30.1 Å². The zero-order valence-corrected chi connectivity index (χ0v) is 15.2. The largest absolute Gasteiger partial charge is 0.349 e. The van der Waals surface area contributed by atoms with Gasteiger partial charge in [-0.15, -0.1) is 12.4 Å². The van der Waals surface area contributed by atoms with Crippen molar-refractivity contribution in [3.63, 3.8) is 0 Å². The van der Waals surface area contributed by atoms with Crippen molar-refractivity contribution < 1.29 is 4.79 Å². The second-order valence-corrected chi connectivity index (χ2v) is 5.73. The Hall–Kier alpha value is -1.27. The highest BCUT2D eigenvalue weighted by Gasteiger charge is 2.11. The number of nitrogens with zero attached hydrogens (tertiary/aromatic N) is 2. The van der Waals surface area contributed by atoms with Crippen molar-refractivity contribution in [3.05, 3.63) is 46.2 Å². The van der Waals surface area contributed by atoms with Crippen LogP contribution < -0.4 is 10.6 Å². The summed E-state index contributed by atoms with van der Waals surface area (Å²) in [5.41, 5.74) is 1.10. The van der Waals surface area contributed by atoms with Gasteiger partial charge in [-0.3, -0.25) is 4.79 Å². The SMILES string of the molecule is CCN[C@H](C)CNC(=O)c1ccn(-c2ccc(Cl)c(Cl)c2)n1.Cl. The quantitative estimate of drug-likeness (QED) is 0.812. The summed E-state index contributed by atoms with van der Waals surface area (Å²) < 4.78 is 1.59. The molecule has 0 spiro atoms. The molecular formula is C15H19Cl3N4O. The van der Waals surface area contributed by atoms with Gasteiger partial charge in [0, 0.05) is 18.8 Å². The molecule has 0 unspecified atom stereocenters. The van der Waals surface area contributed by atoms with Crippen LogP contribution in [-0.4, -0.2) is 34.8 Å². The number of halogens is 3. The molecule has 126 valence electrons. The van der Waals surface area contributed by atoms with Crippen LogP contribution in [0.3, 0.4) is 0 Å². The van der Waals surface area contributed by atoms with E-state index in [9.17, 15) is 4.79 Å². The van der Waals surface area contributed by atoms with Crippen LogP contribution >= 0.6 is 35.6 Å². The normalized spacial score (nSPS) is 11.7. The fourth-order valence-electron chi connectivity index (χ4n) is 1.97. The number of carbonyl (C=O) groups is 1. The van der Waals surface area contributed by atoms with Gasteiger partial charge in [-0.2, -0.15) is 5.10 Å². The van der Waals surface area contributed by atoms with E-state index in [2.05, 4.69) is 15.7 Å². The average molecular weight is 378 g/mol. The van der Waals surface area contributed by atoms with Gasteiger partial charge < -0.3 is 10.6 Å². The predicted octanol–water partition coefficient (Wildman–Crippen LogP) is 3.33. The minimum Gasteiger partial charge on any atom is -0.349 e. The highest BCUT2D eigenvalue weighted by atomic mass is 35.5. The molecule has 0 radical (unpaired) electrons. The standard InChI is InChI=1S/C15H18Cl2N4O.ClH/c1-3-18-10(2)9-19-15(22)14-6-7-21(20-14)11-4-5-12(16)13(17)8-11;/h4-8,10,18H,3,9H2,1-2H3,(H,19,22);1H/t10-;/m1./s1. The summed E-state index contributed by atoms with van der Waals surface area (Å²) in [6, 6.07) is 7.06. The third-order valence-corrected chi connectivity index (χ3v) is 3.85. The van der Waals surface area contributed by atoms with Gasteiger partial charge in [0.25, 0.3) is 5.91 Å². The lowest BCUT2D eigenvalue weighted by Gasteiger charge is -2.12. The first kappa shape index (κ1) is 19.8. The van der Waals surface area contributed by atoms with E-state index in [1.807, 2.05) is 13.8 Å². The van der Waals surface area contributed by atoms with Crippen LogP contribution in [0.15, 0.2) is 30.5 Å². The molecule has 0 aliphatic heterocycles. The molecule has 8 heteroatoms. The van der Waals surface area contributed by atoms with E-state index in [1.165, 1.54) is 0 Å². The Kier molecular flexibility index (Phi) is 7.85. The van der Waals surface area contributed by atoms with Crippen molar-refractivity contribution in [3.8, 4) is 5.69 Å². The van der Waals surface area contributed by atoms with E-state index in [1.54, 1.807) is 35.1 Å². The van der Waals surface area contributed by atoms with E-state index in [-0.39, 0.29) is 24.4 Å². The maximum Gasteiger partial charge on any atom is 0.271 e. The minimum atomic E-state index is -0.205. The lowest BCUT2D eigenvalue weighted by atomic mass is 10.3. The first-order valence-electron chi connectivity index (χ1n) is 7.04. The first-order chi connectivity index (χ1) is 10.5. The topological polar surface area (TPSA) is 58.9 Å². The van der Waals surface area contributed by atoms with E-state index in [0.29, 0.717) is 22.3 Å². The molecule has 1 aromatic carbocycles. The second-order valence-electron chi connectivity index (χ2n) is 4.91. The van der Waals surface area contributed by atoms with Crippen molar-refractivity contribution in [2.45, 2.75) is 19.9 Å². The Bertz CT molecular complexity index is 660. The maximum absolute atomic E-state index is 12.1. The van der Waals surface area contributed by atoms with Crippen LogP contribution in [0, 0.1) is 0 Å². The molecule has 0 saturated heterocycles. The summed E-state index contributed by atoms with van der Waals surface area (Å²) in [4.78, 5) is 12.1.